The molecule has 0 radical (unpaired) electrons. The van der Waals surface area contributed by atoms with E-state index in [1.807, 2.05) is 20.8 Å². The second-order valence-electron chi connectivity index (χ2n) is 7.26. The predicted octanol–water partition coefficient (Wildman–Crippen LogP) is 1.93. The molecule has 0 aliphatic heterocycles. The van der Waals surface area contributed by atoms with Crippen molar-refractivity contribution >= 4 is 21.8 Å². The van der Waals surface area contributed by atoms with Crippen molar-refractivity contribution in [2.45, 2.75) is 44.6 Å². The van der Waals surface area contributed by atoms with Gasteiger partial charge < -0.3 is 9.26 Å². The lowest BCUT2D eigenvalue weighted by Crippen LogP contribution is -2.33. The number of ketones is 1. The highest BCUT2D eigenvalue weighted by molar-refractivity contribution is 7.89. The maximum Gasteiger partial charge on any atom is 0.321 e. The van der Waals surface area contributed by atoms with Crippen LogP contribution in [0.5, 0.6) is 0 Å². The largest absolute Gasteiger partial charge is 0.455 e. The van der Waals surface area contributed by atoms with Crippen LogP contribution in [0.15, 0.2) is 33.7 Å². The van der Waals surface area contributed by atoms with E-state index in [2.05, 4.69) is 10.1 Å². The number of hydrogen-bond acceptors (Lipinski definition) is 8. The Morgan fingerprint density at radius 1 is 1.18 bits per heavy atom. The van der Waals surface area contributed by atoms with Gasteiger partial charge in [-0.2, -0.15) is 9.29 Å². The molecule has 10 heteroatoms. The molecule has 1 aromatic carbocycles. The Balaban J connectivity index is 1.97. The molecule has 9 nitrogen and oxygen atoms in total. The highest BCUT2D eigenvalue weighted by Gasteiger charge is 2.25. The average molecular weight is 409 g/mol. The molecule has 1 heterocycles. The molecule has 0 bridgehead atoms. The third-order valence-corrected chi connectivity index (χ3v) is 5.63. The van der Waals surface area contributed by atoms with Gasteiger partial charge >= 0.3 is 5.97 Å². The maximum atomic E-state index is 12.5. The molecular formula is C18H23N3O6S. The number of sulfonamides is 1. The van der Waals surface area contributed by atoms with Gasteiger partial charge in [-0.15, -0.1) is 0 Å². The van der Waals surface area contributed by atoms with Gasteiger partial charge in [0.1, 0.15) is 6.54 Å². The van der Waals surface area contributed by atoms with Crippen molar-refractivity contribution in [2.24, 2.45) is 0 Å². The average Bonchev–Trinajstić information content (AvgIpc) is 3.09. The molecule has 2 aromatic rings. The summed E-state index contributed by atoms with van der Waals surface area (Å²) < 4.78 is 36.0. The van der Waals surface area contributed by atoms with E-state index in [0.717, 1.165) is 4.31 Å². The zero-order valence-corrected chi connectivity index (χ0v) is 17.2. The molecule has 152 valence electrons. The van der Waals surface area contributed by atoms with Crippen molar-refractivity contribution in [1.82, 2.24) is 14.4 Å². The summed E-state index contributed by atoms with van der Waals surface area (Å²) in [5, 5.41) is 3.82. The van der Waals surface area contributed by atoms with E-state index in [4.69, 9.17) is 9.26 Å². The number of benzene rings is 1. The first kappa shape index (κ1) is 21.7. The van der Waals surface area contributed by atoms with Crippen LogP contribution in [0.3, 0.4) is 0 Å². The molecule has 0 spiro atoms. The number of likely N-dealkylation sites (N-methyl/N-ethyl adjacent to an activating group) is 1. The Morgan fingerprint density at radius 3 is 2.29 bits per heavy atom. The summed E-state index contributed by atoms with van der Waals surface area (Å²) in [5.74, 6) is -0.325. The molecule has 0 N–H and O–H groups in total. The minimum atomic E-state index is -3.90. The Kier molecular flexibility index (Phi) is 6.35. The van der Waals surface area contributed by atoms with E-state index in [0.29, 0.717) is 11.4 Å². The van der Waals surface area contributed by atoms with Crippen LogP contribution in [-0.2, 0) is 31.6 Å². The smallest absolute Gasteiger partial charge is 0.321 e. The molecule has 0 aliphatic carbocycles. The maximum absolute atomic E-state index is 12.5. The van der Waals surface area contributed by atoms with Gasteiger partial charge in [-0.1, -0.05) is 38.1 Å². The summed E-state index contributed by atoms with van der Waals surface area (Å²) in [6, 6.07) is 5.48. The number of carbonyl (C=O) groups is 2. The zero-order chi connectivity index (χ0) is 21.1. The highest BCUT2D eigenvalue weighted by Crippen LogP contribution is 2.19. The fourth-order valence-electron chi connectivity index (χ4n) is 2.11. The first-order valence-corrected chi connectivity index (χ1v) is 9.91. The lowest BCUT2D eigenvalue weighted by atomic mass is 9.96. The monoisotopic (exact) mass is 409 g/mol. The molecule has 0 fully saturated rings. The van der Waals surface area contributed by atoms with Crippen LogP contribution in [0.4, 0.5) is 0 Å². The number of carbonyl (C=O) groups excluding carboxylic acids is 2. The Bertz CT molecular complexity index is 958. The zero-order valence-electron chi connectivity index (χ0n) is 16.4. The molecule has 0 unspecified atom stereocenters. The number of hydrogen-bond donors (Lipinski definition) is 0. The molecule has 0 saturated carbocycles. The van der Waals surface area contributed by atoms with Crippen LogP contribution < -0.4 is 0 Å². The van der Waals surface area contributed by atoms with Crippen LogP contribution in [0.25, 0.3) is 0 Å². The number of nitrogens with zero attached hydrogens (tertiary/aromatic N) is 3. The van der Waals surface area contributed by atoms with Gasteiger partial charge in [-0.3, -0.25) is 9.59 Å². The highest BCUT2D eigenvalue weighted by atomic mass is 32.2. The van der Waals surface area contributed by atoms with Gasteiger partial charge in [-0.25, -0.2) is 8.42 Å². The van der Waals surface area contributed by atoms with Crippen molar-refractivity contribution in [3.8, 4) is 0 Å². The molecular weight excluding hydrogens is 386 g/mol. The number of rotatable bonds is 7. The van der Waals surface area contributed by atoms with E-state index in [1.54, 1.807) is 0 Å². The Hall–Kier alpha value is -2.59. The fourth-order valence-corrected chi connectivity index (χ4v) is 3.23. The topological polar surface area (TPSA) is 120 Å². The summed E-state index contributed by atoms with van der Waals surface area (Å²) in [6.07, 6.45) is 0. The SMILES string of the molecule is CC(=O)c1ccc(S(=O)(=O)N(C)CC(=O)OCc2nc(C(C)(C)C)no2)cc1. The normalized spacial score (nSPS) is 12.2. The third-order valence-electron chi connectivity index (χ3n) is 3.82. The second kappa shape index (κ2) is 8.19. The summed E-state index contributed by atoms with van der Waals surface area (Å²) in [6.45, 7) is 6.39. The minimum Gasteiger partial charge on any atom is -0.455 e. The van der Waals surface area contributed by atoms with Gasteiger partial charge in [0.15, 0.2) is 18.2 Å². The quantitative estimate of drug-likeness (QED) is 0.502. The van der Waals surface area contributed by atoms with Crippen LogP contribution in [0, 0.1) is 0 Å². The minimum absolute atomic E-state index is 0.0282. The second-order valence-corrected chi connectivity index (χ2v) is 9.31. The summed E-state index contributed by atoms with van der Waals surface area (Å²) in [4.78, 5) is 27.4. The van der Waals surface area contributed by atoms with Crippen molar-refractivity contribution in [3.63, 3.8) is 0 Å². The van der Waals surface area contributed by atoms with E-state index in [9.17, 15) is 18.0 Å². The van der Waals surface area contributed by atoms with Gasteiger partial charge in [0.05, 0.1) is 4.90 Å². The van der Waals surface area contributed by atoms with E-state index in [-0.39, 0.29) is 28.6 Å². The van der Waals surface area contributed by atoms with E-state index >= 15 is 0 Å². The van der Waals surface area contributed by atoms with Gasteiger partial charge in [0, 0.05) is 18.0 Å². The number of Topliss-reactive ketones (excluding diaryl/α,β-unsaturated/α-hetero) is 1. The molecule has 2 rings (SSSR count). The molecule has 1 aromatic heterocycles. The molecule has 0 atom stereocenters. The van der Waals surface area contributed by atoms with Gasteiger partial charge in [0.2, 0.25) is 10.0 Å². The Morgan fingerprint density at radius 2 is 1.79 bits per heavy atom. The molecule has 28 heavy (non-hydrogen) atoms. The van der Waals surface area contributed by atoms with Gasteiger partial charge in [0.25, 0.3) is 5.89 Å². The van der Waals surface area contributed by atoms with E-state index in [1.165, 1.54) is 38.2 Å². The van der Waals surface area contributed by atoms with Crippen LogP contribution in [-0.4, -0.2) is 48.2 Å². The van der Waals surface area contributed by atoms with Crippen molar-refractivity contribution < 1.29 is 27.3 Å². The summed E-state index contributed by atoms with van der Waals surface area (Å²) >= 11 is 0. The summed E-state index contributed by atoms with van der Waals surface area (Å²) in [7, 11) is -2.64. The predicted molar refractivity (Wildman–Crippen MR) is 99.1 cm³/mol. The lowest BCUT2D eigenvalue weighted by Gasteiger charge is -2.16. The number of aromatic nitrogens is 2. The van der Waals surface area contributed by atoms with Crippen molar-refractivity contribution in [2.75, 3.05) is 13.6 Å². The third kappa shape index (κ3) is 5.23. The van der Waals surface area contributed by atoms with Crippen molar-refractivity contribution in [3.05, 3.63) is 41.5 Å². The fraction of sp³-hybridized carbons (Fsp3) is 0.444. The Labute approximate surface area is 163 Å². The molecule has 0 aliphatic rings. The number of ether oxygens (including phenoxy) is 1. The standard InChI is InChI=1S/C18H23N3O6S/c1-12(22)13-6-8-14(9-7-13)28(24,25)21(5)10-16(23)26-11-15-19-17(20-27-15)18(2,3)4/h6-9H,10-11H2,1-5H3. The van der Waals surface area contributed by atoms with E-state index < -0.39 is 22.5 Å². The molecule has 0 amide bonds. The molecule has 0 saturated heterocycles. The number of esters is 1. The van der Waals surface area contributed by atoms with Crippen LogP contribution in [0.2, 0.25) is 0 Å². The first-order chi connectivity index (χ1) is 12.9. The lowest BCUT2D eigenvalue weighted by molar-refractivity contribution is -0.145. The van der Waals surface area contributed by atoms with Crippen LogP contribution in [0.1, 0.15) is 49.8 Å². The van der Waals surface area contributed by atoms with Crippen molar-refractivity contribution in [1.29, 1.82) is 0 Å². The van der Waals surface area contributed by atoms with Gasteiger partial charge in [-0.05, 0) is 19.1 Å². The van der Waals surface area contributed by atoms with Crippen LogP contribution >= 0.6 is 0 Å². The summed E-state index contributed by atoms with van der Waals surface area (Å²) in [5.41, 5.74) is 0.0908. The first-order valence-electron chi connectivity index (χ1n) is 8.47.